The van der Waals surface area contributed by atoms with E-state index in [-0.39, 0.29) is 0 Å². The van der Waals surface area contributed by atoms with Crippen molar-refractivity contribution in [3.8, 4) is 0 Å². The average molecular weight is 439 g/mol. The maximum Gasteiger partial charge on any atom is 0.391 e. The van der Waals surface area contributed by atoms with E-state index in [1.54, 1.807) is 0 Å². The van der Waals surface area contributed by atoms with Gasteiger partial charge in [0.15, 0.2) is 6.29 Å². The summed E-state index contributed by atoms with van der Waals surface area (Å²) < 4.78 is 36.1. The maximum atomic E-state index is 13.0. The van der Waals surface area contributed by atoms with Gasteiger partial charge in [0.05, 0.1) is 26.4 Å². The summed E-state index contributed by atoms with van der Waals surface area (Å²) in [5.74, 6) is 0.702. The molecule has 0 bridgehead atoms. The largest absolute Gasteiger partial charge is 0.391 e. The fourth-order valence-electron chi connectivity index (χ4n) is 2.48. The van der Waals surface area contributed by atoms with Gasteiger partial charge in [-0.05, 0) is 35.9 Å². The van der Waals surface area contributed by atoms with Crippen molar-refractivity contribution in [1.82, 2.24) is 0 Å². The Bertz CT molecular complexity index is 714. The van der Waals surface area contributed by atoms with Crippen molar-refractivity contribution in [3.05, 3.63) is 71.8 Å². The van der Waals surface area contributed by atoms with Gasteiger partial charge in [-0.2, -0.15) is 0 Å². The van der Waals surface area contributed by atoms with Crippen molar-refractivity contribution < 1.29 is 23.1 Å². The Morgan fingerprint density at radius 2 is 1.55 bits per heavy atom. The van der Waals surface area contributed by atoms with Crippen molar-refractivity contribution in [2.75, 3.05) is 19.0 Å². The zero-order valence-corrected chi connectivity index (χ0v) is 18.9. The molecular formula is C22H31O5PS. The van der Waals surface area contributed by atoms with E-state index in [4.69, 9.17) is 18.5 Å². The summed E-state index contributed by atoms with van der Waals surface area (Å²) in [6.07, 6.45) is 0.678. The highest BCUT2D eigenvalue weighted by atomic mass is 32.7. The number of ether oxygens (including phenoxy) is 2. The predicted molar refractivity (Wildman–Crippen MR) is 119 cm³/mol. The van der Waals surface area contributed by atoms with E-state index in [0.717, 1.165) is 17.5 Å². The van der Waals surface area contributed by atoms with E-state index in [0.29, 0.717) is 38.6 Å². The number of hydrogen-bond acceptors (Lipinski definition) is 6. The summed E-state index contributed by atoms with van der Waals surface area (Å²) in [7, 11) is 0. The van der Waals surface area contributed by atoms with Crippen molar-refractivity contribution in [2.24, 2.45) is 0 Å². The average Bonchev–Trinajstić information content (AvgIpc) is 2.75. The molecule has 5 nitrogen and oxygen atoms in total. The van der Waals surface area contributed by atoms with E-state index in [1.165, 1.54) is 11.4 Å². The molecule has 0 saturated heterocycles. The Kier molecular flexibility index (Phi) is 11.6. The first-order valence-corrected chi connectivity index (χ1v) is 13.1. The first-order valence-electron chi connectivity index (χ1n) is 10.00. The van der Waals surface area contributed by atoms with Gasteiger partial charge >= 0.3 is 6.80 Å². The summed E-state index contributed by atoms with van der Waals surface area (Å²) in [6.45, 7) is 2.20. The number of rotatable bonds is 15. The Balaban J connectivity index is 1.92. The van der Waals surface area contributed by atoms with Crippen LogP contribution in [0.1, 0.15) is 37.8 Å². The van der Waals surface area contributed by atoms with E-state index >= 15 is 0 Å². The van der Waals surface area contributed by atoms with Crippen LogP contribution in [0.15, 0.2) is 60.7 Å². The van der Waals surface area contributed by atoms with Crippen molar-refractivity contribution in [3.63, 3.8) is 0 Å². The van der Waals surface area contributed by atoms with E-state index < -0.39 is 13.1 Å². The Morgan fingerprint density at radius 1 is 0.931 bits per heavy atom. The predicted octanol–water partition coefficient (Wildman–Crippen LogP) is 6.44. The molecule has 0 radical (unpaired) electrons. The lowest BCUT2D eigenvalue weighted by Crippen LogP contribution is -2.19. The second-order valence-corrected chi connectivity index (χ2v) is 10.5. The van der Waals surface area contributed by atoms with Gasteiger partial charge < -0.3 is 14.0 Å². The minimum absolute atomic E-state index is 0.323. The van der Waals surface area contributed by atoms with Gasteiger partial charge in [0, 0.05) is 12.2 Å². The van der Waals surface area contributed by atoms with Crippen molar-refractivity contribution >= 4 is 18.2 Å². The Hall–Kier alpha value is -1.14. The first-order chi connectivity index (χ1) is 14.1. The van der Waals surface area contributed by atoms with Gasteiger partial charge in [0.25, 0.3) is 0 Å². The summed E-state index contributed by atoms with van der Waals surface area (Å²) in [4.78, 5) is 0. The Labute approximate surface area is 178 Å². The van der Waals surface area contributed by atoms with Crippen LogP contribution in [0.2, 0.25) is 0 Å². The molecule has 2 atom stereocenters. The third kappa shape index (κ3) is 9.94. The van der Waals surface area contributed by atoms with Crippen LogP contribution in [0, 0.1) is 0 Å². The van der Waals surface area contributed by atoms with E-state index in [1.807, 2.05) is 74.5 Å². The van der Waals surface area contributed by atoms with Gasteiger partial charge in [0.2, 0.25) is 0 Å². The lowest BCUT2D eigenvalue weighted by molar-refractivity contribution is -0.107. The quantitative estimate of drug-likeness (QED) is 0.181. The summed E-state index contributed by atoms with van der Waals surface area (Å²) in [5.41, 5.74) is 2.13. The molecular weight excluding hydrogens is 407 g/mol. The van der Waals surface area contributed by atoms with Crippen LogP contribution in [-0.2, 0) is 36.3 Å². The minimum Gasteiger partial charge on any atom is -0.377 e. The van der Waals surface area contributed by atoms with Crippen LogP contribution >= 0.6 is 18.2 Å². The molecule has 0 saturated carbocycles. The molecule has 0 aromatic heterocycles. The van der Waals surface area contributed by atoms with Crippen molar-refractivity contribution in [1.29, 1.82) is 0 Å². The summed E-state index contributed by atoms with van der Waals surface area (Å²) in [6, 6.07) is 19.8. The summed E-state index contributed by atoms with van der Waals surface area (Å²) in [5, 5.41) is 0. The zero-order valence-electron chi connectivity index (χ0n) is 17.2. The third-order valence-electron chi connectivity index (χ3n) is 3.88. The standard InChI is InChI=1S/C22H31O5PS/c1-3-17-29-28(23,26-4-2)27-22(25-19-21-13-9-6-10-14-21)15-16-24-18-20-11-7-5-8-12-20/h5-14,22H,3-4,15-19H2,1-2H3. The van der Waals surface area contributed by atoms with Gasteiger partial charge in [-0.1, -0.05) is 67.6 Å². The fraction of sp³-hybridized carbons (Fsp3) is 0.455. The molecule has 29 heavy (non-hydrogen) atoms. The lowest BCUT2D eigenvalue weighted by Gasteiger charge is -2.24. The third-order valence-corrected chi connectivity index (χ3v) is 7.92. The normalized spacial score (nSPS) is 14.4. The minimum atomic E-state index is -3.28. The smallest absolute Gasteiger partial charge is 0.377 e. The maximum absolute atomic E-state index is 13.0. The van der Waals surface area contributed by atoms with Crippen LogP contribution in [0.25, 0.3) is 0 Å². The second kappa shape index (κ2) is 14.0. The molecule has 2 aromatic carbocycles. The molecule has 160 valence electrons. The van der Waals surface area contributed by atoms with Crippen LogP contribution in [0.5, 0.6) is 0 Å². The zero-order chi connectivity index (χ0) is 20.8. The monoisotopic (exact) mass is 438 g/mol. The van der Waals surface area contributed by atoms with E-state index in [9.17, 15) is 4.57 Å². The molecule has 2 aromatic rings. The van der Waals surface area contributed by atoms with Crippen LogP contribution < -0.4 is 0 Å². The molecule has 0 spiro atoms. The van der Waals surface area contributed by atoms with Crippen LogP contribution in [0.4, 0.5) is 0 Å². The SMILES string of the molecule is CCCSP(=O)(OCC)OC(CCOCc1ccccc1)OCc1ccccc1. The van der Waals surface area contributed by atoms with Crippen molar-refractivity contribution in [2.45, 2.75) is 46.2 Å². The number of benzene rings is 2. The molecule has 0 aliphatic carbocycles. The van der Waals surface area contributed by atoms with Gasteiger partial charge in [-0.15, -0.1) is 0 Å². The van der Waals surface area contributed by atoms with Gasteiger partial charge in [0.1, 0.15) is 0 Å². The van der Waals surface area contributed by atoms with Crippen LogP contribution in [-0.4, -0.2) is 25.3 Å². The summed E-state index contributed by atoms with van der Waals surface area (Å²) >= 11 is 1.22. The highest BCUT2D eigenvalue weighted by Gasteiger charge is 2.29. The van der Waals surface area contributed by atoms with Crippen LogP contribution in [0.3, 0.4) is 0 Å². The highest BCUT2D eigenvalue weighted by molar-refractivity contribution is 8.55. The number of hydrogen-bond donors (Lipinski definition) is 0. The molecule has 0 fully saturated rings. The molecule has 0 heterocycles. The molecule has 0 N–H and O–H groups in total. The fourth-order valence-corrected chi connectivity index (χ4v) is 6.08. The molecule has 0 aliphatic rings. The lowest BCUT2D eigenvalue weighted by atomic mass is 10.2. The van der Waals surface area contributed by atoms with Gasteiger partial charge in [-0.25, -0.2) is 4.57 Å². The molecule has 7 heteroatoms. The molecule has 0 aliphatic heterocycles. The first kappa shape index (κ1) is 24.1. The van der Waals surface area contributed by atoms with Gasteiger partial charge in [-0.3, -0.25) is 4.52 Å². The molecule has 2 rings (SSSR count). The molecule has 0 amide bonds. The molecule has 2 unspecified atom stereocenters. The topological polar surface area (TPSA) is 54.0 Å². The second-order valence-electron chi connectivity index (χ2n) is 6.36. The van der Waals surface area contributed by atoms with E-state index in [2.05, 4.69) is 0 Å². The highest BCUT2D eigenvalue weighted by Crippen LogP contribution is 2.61. The Morgan fingerprint density at radius 3 is 2.14 bits per heavy atom.